The van der Waals surface area contributed by atoms with Crippen molar-refractivity contribution < 1.29 is 9.53 Å². The first kappa shape index (κ1) is 20.6. The lowest BCUT2D eigenvalue weighted by Gasteiger charge is -2.29. The summed E-state index contributed by atoms with van der Waals surface area (Å²) in [6.45, 7) is 6.34. The highest BCUT2D eigenvalue weighted by Gasteiger charge is 2.21. The topological polar surface area (TPSA) is 56.8 Å². The van der Waals surface area contributed by atoms with E-state index in [1.165, 1.54) is 11.3 Å². The third-order valence-corrected chi connectivity index (χ3v) is 5.85. The number of hydrogen-bond acceptors (Lipinski definition) is 4. The zero-order valence-electron chi connectivity index (χ0n) is 17.3. The van der Waals surface area contributed by atoms with Crippen molar-refractivity contribution in [1.82, 2.24) is 5.32 Å². The Labute approximate surface area is 183 Å². The van der Waals surface area contributed by atoms with Crippen molar-refractivity contribution in [3.63, 3.8) is 0 Å². The summed E-state index contributed by atoms with van der Waals surface area (Å²) in [6.07, 6.45) is 1.57. The minimum atomic E-state index is 0.0882. The molecule has 0 saturated carbocycles. The molecule has 7 heteroatoms. The summed E-state index contributed by atoms with van der Waals surface area (Å²) < 4.78 is 5.42. The van der Waals surface area contributed by atoms with Gasteiger partial charge in [0.1, 0.15) is 0 Å². The summed E-state index contributed by atoms with van der Waals surface area (Å²) in [6, 6.07) is 16.5. The van der Waals surface area contributed by atoms with Gasteiger partial charge in [-0.2, -0.15) is 0 Å². The van der Waals surface area contributed by atoms with E-state index in [2.05, 4.69) is 46.7 Å². The second-order valence-corrected chi connectivity index (χ2v) is 8.12. The van der Waals surface area contributed by atoms with Gasteiger partial charge in [-0.05, 0) is 67.5 Å². The first-order valence-electron chi connectivity index (χ1n) is 10.5. The maximum absolute atomic E-state index is 11.9. The number of carbonyl (C=O) groups is 1. The quantitative estimate of drug-likeness (QED) is 0.714. The van der Waals surface area contributed by atoms with Crippen molar-refractivity contribution in [2.45, 2.75) is 25.8 Å². The first-order chi connectivity index (χ1) is 14.6. The van der Waals surface area contributed by atoms with Crippen LogP contribution in [0.3, 0.4) is 0 Å². The summed E-state index contributed by atoms with van der Waals surface area (Å²) in [4.78, 5) is 16.1. The molecule has 2 aliphatic rings. The molecule has 1 atom stereocenters. The van der Waals surface area contributed by atoms with Crippen LogP contribution in [0.1, 0.15) is 31.4 Å². The van der Waals surface area contributed by atoms with Crippen LogP contribution in [0.2, 0.25) is 0 Å². The third kappa shape index (κ3) is 4.91. The van der Waals surface area contributed by atoms with Gasteiger partial charge in [0.2, 0.25) is 5.91 Å². The summed E-state index contributed by atoms with van der Waals surface area (Å²) in [5.74, 6) is 0.196. The van der Waals surface area contributed by atoms with Crippen molar-refractivity contribution in [2.75, 3.05) is 48.0 Å². The molecule has 2 aromatic rings. The van der Waals surface area contributed by atoms with Crippen LogP contribution in [-0.4, -0.2) is 43.9 Å². The molecule has 0 aliphatic carbocycles. The second-order valence-electron chi connectivity index (χ2n) is 7.71. The van der Waals surface area contributed by atoms with Gasteiger partial charge in [-0.15, -0.1) is 0 Å². The Morgan fingerprint density at radius 1 is 1.00 bits per heavy atom. The normalized spacial score (nSPS) is 17.7. The smallest absolute Gasteiger partial charge is 0.227 e. The van der Waals surface area contributed by atoms with Crippen molar-refractivity contribution >= 4 is 40.3 Å². The van der Waals surface area contributed by atoms with Crippen LogP contribution in [0.4, 0.5) is 17.1 Å². The predicted molar refractivity (Wildman–Crippen MR) is 125 cm³/mol. The summed E-state index contributed by atoms with van der Waals surface area (Å²) >= 11 is 5.49. The van der Waals surface area contributed by atoms with Gasteiger partial charge in [-0.25, -0.2) is 0 Å². The SMILES string of the molecule is C[C@H](NC(=S)Nc1ccc(N2CCCC2=O)cc1)c1ccc(N2CCOCC2)cc1. The minimum absolute atomic E-state index is 0.0882. The van der Waals surface area contributed by atoms with Crippen LogP contribution in [0.25, 0.3) is 0 Å². The van der Waals surface area contributed by atoms with Gasteiger partial charge in [0, 0.05) is 43.1 Å². The molecule has 2 N–H and O–H groups in total. The van der Waals surface area contributed by atoms with Gasteiger partial charge in [0.05, 0.1) is 19.3 Å². The molecule has 0 unspecified atom stereocenters. The Hall–Kier alpha value is -2.64. The molecule has 1 amide bonds. The molecule has 4 rings (SSSR count). The minimum Gasteiger partial charge on any atom is -0.378 e. The van der Waals surface area contributed by atoms with Crippen LogP contribution >= 0.6 is 12.2 Å². The molecule has 0 radical (unpaired) electrons. The van der Waals surface area contributed by atoms with E-state index in [0.29, 0.717) is 11.5 Å². The third-order valence-electron chi connectivity index (χ3n) is 5.63. The van der Waals surface area contributed by atoms with Gasteiger partial charge in [-0.1, -0.05) is 12.1 Å². The number of rotatable bonds is 5. The Morgan fingerprint density at radius 3 is 2.30 bits per heavy atom. The van der Waals surface area contributed by atoms with Crippen molar-refractivity contribution in [2.24, 2.45) is 0 Å². The van der Waals surface area contributed by atoms with Gasteiger partial charge < -0.3 is 25.2 Å². The van der Waals surface area contributed by atoms with Crippen LogP contribution in [0.5, 0.6) is 0 Å². The van der Waals surface area contributed by atoms with E-state index in [4.69, 9.17) is 17.0 Å². The molecule has 2 aliphatic heterocycles. The van der Waals surface area contributed by atoms with E-state index in [1.54, 1.807) is 0 Å². The number of ether oxygens (including phenoxy) is 1. The molecule has 0 spiro atoms. The second kappa shape index (κ2) is 9.45. The van der Waals surface area contributed by atoms with E-state index in [-0.39, 0.29) is 11.9 Å². The number of morpholine rings is 1. The number of hydrogen-bond donors (Lipinski definition) is 2. The number of thiocarbonyl (C=S) groups is 1. The molecular formula is C23H28N4O2S. The van der Waals surface area contributed by atoms with Gasteiger partial charge >= 0.3 is 0 Å². The molecule has 0 bridgehead atoms. The Bertz CT molecular complexity index is 879. The molecule has 2 aromatic carbocycles. The van der Waals surface area contributed by atoms with Gasteiger partial charge in [-0.3, -0.25) is 4.79 Å². The molecule has 2 heterocycles. The average Bonchev–Trinajstić information content (AvgIpc) is 3.21. The molecule has 158 valence electrons. The molecule has 6 nitrogen and oxygen atoms in total. The maximum atomic E-state index is 11.9. The summed E-state index contributed by atoms with van der Waals surface area (Å²) in [5.41, 5.74) is 4.25. The molecule has 30 heavy (non-hydrogen) atoms. The number of nitrogens with zero attached hydrogens (tertiary/aromatic N) is 2. The van der Waals surface area contributed by atoms with E-state index in [0.717, 1.165) is 50.6 Å². The molecule has 0 aromatic heterocycles. The van der Waals surface area contributed by atoms with Crippen LogP contribution < -0.4 is 20.4 Å². The lowest BCUT2D eigenvalue weighted by molar-refractivity contribution is -0.117. The van der Waals surface area contributed by atoms with Crippen molar-refractivity contribution in [3.05, 3.63) is 54.1 Å². The van der Waals surface area contributed by atoms with Crippen molar-refractivity contribution in [1.29, 1.82) is 0 Å². The average molecular weight is 425 g/mol. The Kier molecular flexibility index (Phi) is 6.50. The standard InChI is InChI=1S/C23H28N4O2S/c1-17(18-4-8-20(9-5-18)26-13-15-29-16-14-26)24-23(30)25-19-6-10-21(11-7-19)27-12-2-3-22(27)28/h4-11,17H,2-3,12-16H2,1H3,(H2,24,25,30)/t17-/m0/s1. The first-order valence-corrected chi connectivity index (χ1v) is 10.9. The fraction of sp³-hybridized carbons (Fsp3) is 0.391. The number of amides is 1. The van der Waals surface area contributed by atoms with Gasteiger partial charge in [0.15, 0.2) is 5.11 Å². The van der Waals surface area contributed by atoms with Crippen LogP contribution in [0.15, 0.2) is 48.5 Å². The molecule has 2 fully saturated rings. The Balaban J connectivity index is 1.30. The number of anilines is 3. The number of carbonyl (C=O) groups excluding carboxylic acids is 1. The number of nitrogens with one attached hydrogen (secondary N) is 2. The number of benzene rings is 2. The zero-order valence-corrected chi connectivity index (χ0v) is 18.1. The molecule has 2 saturated heterocycles. The van der Waals surface area contributed by atoms with Crippen molar-refractivity contribution in [3.8, 4) is 0 Å². The van der Waals surface area contributed by atoms with E-state index in [9.17, 15) is 4.79 Å². The van der Waals surface area contributed by atoms with Gasteiger partial charge in [0.25, 0.3) is 0 Å². The Morgan fingerprint density at radius 2 is 1.67 bits per heavy atom. The van der Waals surface area contributed by atoms with Crippen LogP contribution in [-0.2, 0) is 9.53 Å². The fourth-order valence-electron chi connectivity index (χ4n) is 3.89. The molecular weight excluding hydrogens is 396 g/mol. The van der Waals surface area contributed by atoms with E-state index >= 15 is 0 Å². The maximum Gasteiger partial charge on any atom is 0.227 e. The lowest BCUT2D eigenvalue weighted by atomic mass is 10.1. The lowest BCUT2D eigenvalue weighted by Crippen LogP contribution is -2.36. The van der Waals surface area contributed by atoms with Crippen LogP contribution in [0, 0.1) is 0 Å². The zero-order chi connectivity index (χ0) is 20.9. The highest BCUT2D eigenvalue weighted by molar-refractivity contribution is 7.80. The van der Waals surface area contributed by atoms with E-state index < -0.39 is 0 Å². The highest BCUT2D eigenvalue weighted by Crippen LogP contribution is 2.23. The fourth-order valence-corrected chi connectivity index (χ4v) is 4.18. The monoisotopic (exact) mass is 424 g/mol. The largest absolute Gasteiger partial charge is 0.378 e. The van der Waals surface area contributed by atoms with E-state index in [1.807, 2.05) is 29.2 Å². The highest BCUT2D eigenvalue weighted by atomic mass is 32.1. The summed E-state index contributed by atoms with van der Waals surface area (Å²) in [7, 11) is 0. The predicted octanol–water partition coefficient (Wildman–Crippen LogP) is 3.70. The summed E-state index contributed by atoms with van der Waals surface area (Å²) in [5, 5.41) is 7.15.